The second kappa shape index (κ2) is 11.3. The molecule has 1 unspecified atom stereocenters. The fourth-order valence-corrected chi connectivity index (χ4v) is 4.63. The standard InChI is InChI=1S/C24H31N3O7S/c1-5-20(24(29)25-6-2)26(14-17-7-10-19(32-3)11-8-17)23(28)15-27(35(4,30)31)18-9-12-21-22(13-18)34-16-33-21/h7-13,20H,5-6,14-16H2,1-4H3,(H,25,29). The lowest BCUT2D eigenvalue weighted by atomic mass is 10.1. The molecule has 1 aliphatic rings. The summed E-state index contributed by atoms with van der Waals surface area (Å²) in [5.74, 6) is 0.741. The summed E-state index contributed by atoms with van der Waals surface area (Å²) in [5, 5.41) is 2.76. The molecule has 0 spiro atoms. The van der Waals surface area contributed by atoms with Gasteiger partial charge >= 0.3 is 0 Å². The number of likely N-dealkylation sites (N-methyl/N-ethyl adjacent to an activating group) is 1. The molecule has 2 aromatic carbocycles. The molecule has 0 aliphatic carbocycles. The number of hydrogen-bond acceptors (Lipinski definition) is 7. The molecule has 0 saturated carbocycles. The highest BCUT2D eigenvalue weighted by molar-refractivity contribution is 7.92. The van der Waals surface area contributed by atoms with E-state index in [2.05, 4.69) is 5.32 Å². The minimum absolute atomic E-state index is 0.0386. The monoisotopic (exact) mass is 505 g/mol. The van der Waals surface area contributed by atoms with E-state index in [0.717, 1.165) is 16.1 Å². The Morgan fingerprint density at radius 2 is 1.77 bits per heavy atom. The Hall–Kier alpha value is -3.47. The molecule has 190 valence electrons. The SMILES string of the molecule is CCNC(=O)C(CC)N(Cc1ccc(OC)cc1)C(=O)CN(c1ccc2c(c1)OCO2)S(C)(=O)=O. The highest BCUT2D eigenvalue weighted by Gasteiger charge is 2.32. The maximum Gasteiger partial charge on any atom is 0.244 e. The molecule has 0 radical (unpaired) electrons. The van der Waals surface area contributed by atoms with Crippen molar-refractivity contribution >= 4 is 27.5 Å². The summed E-state index contributed by atoms with van der Waals surface area (Å²) >= 11 is 0. The molecule has 0 saturated heterocycles. The second-order valence-electron chi connectivity index (χ2n) is 8.00. The van der Waals surface area contributed by atoms with E-state index in [9.17, 15) is 18.0 Å². The maximum atomic E-state index is 13.6. The topological polar surface area (TPSA) is 114 Å². The average Bonchev–Trinajstić information content (AvgIpc) is 3.30. The predicted molar refractivity (Wildman–Crippen MR) is 131 cm³/mol. The quantitative estimate of drug-likeness (QED) is 0.498. The van der Waals surface area contributed by atoms with Gasteiger partial charge in [-0.15, -0.1) is 0 Å². The zero-order valence-corrected chi connectivity index (χ0v) is 21.1. The van der Waals surface area contributed by atoms with E-state index in [4.69, 9.17) is 14.2 Å². The number of fused-ring (bicyclic) bond motifs is 1. The summed E-state index contributed by atoms with van der Waals surface area (Å²) in [5.41, 5.74) is 1.04. The number of nitrogens with one attached hydrogen (secondary N) is 1. The molecule has 0 fully saturated rings. The number of sulfonamides is 1. The zero-order chi connectivity index (χ0) is 25.6. The van der Waals surface area contributed by atoms with Gasteiger partial charge in [-0.05, 0) is 43.2 Å². The third kappa shape index (κ3) is 6.36. The molecule has 0 aromatic heterocycles. The fraction of sp³-hybridized carbons (Fsp3) is 0.417. The van der Waals surface area contributed by atoms with Crippen LogP contribution in [0.3, 0.4) is 0 Å². The molecule has 11 heteroatoms. The molecule has 3 rings (SSSR count). The maximum absolute atomic E-state index is 13.6. The summed E-state index contributed by atoms with van der Waals surface area (Å²) in [6.07, 6.45) is 1.39. The van der Waals surface area contributed by atoms with Crippen LogP contribution in [0, 0.1) is 0 Å². The summed E-state index contributed by atoms with van der Waals surface area (Å²) in [6, 6.07) is 11.0. The first kappa shape index (κ1) is 26.1. The lowest BCUT2D eigenvalue weighted by molar-refractivity contribution is -0.140. The van der Waals surface area contributed by atoms with Crippen molar-refractivity contribution in [1.82, 2.24) is 10.2 Å². The van der Waals surface area contributed by atoms with E-state index in [1.54, 1.807) is 57.4 Å². The molecule has 0 bridgehead atoms. The number of hydrogen-bond donors (Lipinski definition) is 1. The molecule has 1 aliphatic heterocycles. The Bertz CT molecular complexity index is 1150. The zero-order valence-electron chi connectivity index (χ0n) is 20.3. The van der Waals surface area contributed by atoms with Gasteiger partial charge in [0, 0.05) is 19.2 Å². The molecule has 1 heterocycles. The van der Waals surface area contributed by atoms with Gasteiger partial charge in [0.1, 0.15) is 18.3 Å². The number of benzene rings is 2. The fourth-order valence-electron chi connectivity index (χ4n) is 3.79. The van der Waals surface area contributed by atoms with E-state index in [-0.39, 0.29) is 24.9 Å². The largest absolute Gasteiger partial charge is 0.497 e. The van der Waals surface area contributed by atoms with Crippen molar-refractivity contribution < 1.29 is 32.2 Å². The van der Waals surface area contributed by atoms with Gasteiger partial charge < -0.3 is 24.4 Å². The first-order valence-corrected chi connectivity index (χ1v) is 13.1. The molecular weight excluding hydrogens is 474 g/mol. The summed E-state index contributed by atoms with van der Waals surface area (Å²) < 4.78 is 42.2. The molecular formula is C24H31N3O7S. The van der Waals surface area contributed by atoms with Crippen molar-refractivity contribution in [2.75, 3.05) is 37.6 Å². The third-order valence-electron chi connectivity index (χ3n) is 5.57. The van der Waals surface area contributed by atoms with Gasteiger partial charge in [-0.25, -0.2) is 8.42 Å². The number of rotatable bonds is 11. The van der Waals surface area contributed by atoms with E-state index >= 15 is 0 Å². The predicted octanol–water partition coefficient (Wildman–Crippen LogP) is 2.13. The van der Waals surface area contributed by atoms with Crippen LogP contribution in [0.5, 0.6) is 17.2 Å². The van der Waals surface area contributed by atoms with E-state index in [1.807, 2.05) is 0 Å². The van der Waals surface area contributed by atoms with Crippen LogP contribution < -0.4 is 23.8 Å². The number of methoxy groups -OCH3 is 1. The minimum Gasteiger partial charge on any atom is -0.497 e. The number of anilines is 1. The van der Waals surface area contributed by atoms with Gasteiger partial charge in [0.2, 0.25) is 28.6 Å². The van der Waals surface area contributed by atoms with Crippen molar-refractivity contribution in [2.45, 2.75) is 32.9 Å². The van der Waals surface area contributed by atoms with Crippen LogP contribution in [-0.2, 0) is 26.2 Å². The van der Waals surface area contributed by atoms with Crippen LogP contribution >= 0.6 is 0 Å². The molecule has 10 nitrogen and oxygen atoms in total. The van der Waals surface area contributed by atoms with Crippen LogP contribution in [0.1, 0.15) is 25.8 Å². The van der Waals surface area contributed by atoms with Crippen LogP contribution in [0.25, 0.3) is 0 Å². The van der Waals surface area contributed by atoms with Gasteiger partial charge in [0.15, 0.2) is 11.5 Å². The van der Waals surface area contributed by atoms with E-state index in [1.165, 1.54) is 11.0 Å². The van der Waals surface area contributed by atoms with Crippen LogP contribution in [0.4, 0.5) is 5.69 Å². The smallest absolute Gasteiger partial charge is 0.244 e. The van der Waals surface area contributed by atoms with Crippen LogP contribution in [-0.4, -0.2) is 64.4 Å². The van der Waals surface area contributed by atoms with Crippen LogP contribution in [0.15, 0.2) is 42.5 Å². The first-order valence-electron chi connectivity index (χ1n) is 11.2. The van der Waals surface area contributed by atoms with Crippen molar-refractivity contribution in [3.05, 3.63) is 48.0 Å². The van der Waals surface area contributed by atoms with Crippen molar-refractivity contribution in [1.29, 1.82) is 0 Å². The molecule has 1 atom stereocenters. The van der Waals surface area contributed by atoms with Gasteiger partial charge in [-0.3, -0.25) is 13.9 Å². The number of ether oxygens (including phenoxy) is 3. The minimum atomic E-state index is -3.84. The van der Waals surface area contributed by atoms with Crippen molar-refractivity contribution in [3.63, 3.8) is 0 Å². The number of carbonyl (C=O) groups is 2. The molecule has 35 heavy (non-hydrogen) atoms. The number of carbonyl (C=O) groups excluding carboxylic acids is 2. The van der Waals surface area contributed by atoms with Gasteiger partial charge in [0.05, 0.1) is 19.1 Å². The van der Waals surface area contributed by atoms with Crippen molar-refractivity contribution in [3.8, 4) is 17.2 Å². The Balaban J connectivity index is 1.93. The third-order valence-corrected chi connectivity index (χ3v) is 6.71. The number of nitrogens with zero attached hydrogens (tertiary/aromatic N) is 2. The second-order valence-corrected chi connectivity index (χ2v) is 9.90. The number of amides is 2. The molecule has 1 N–H and O–H groups in total. The Morgan fingerprint density at radius 3 is 2.37 bits per heavy atom. The molecule has 2 aromatic rings. The lowest BCUT2D eigenvalue weighted by Crippen LogP contribution is -2.52. The lowest BCUT2D eigenvalue weighted by Gasteiger charge is -2.32. The van der Waals surface area contributed by atoms with E-state index in [0.29, 0.717) is 30.2 Å². The van der Waals surface area contributed by atoms with Crippen LogP contribution in [0.2, 0.25) is 0 Å². The Morgan fingerprint density at radius 1 is 1.09 bits per heavy atom. The van der Waals surface area contributed by atoms with Gasteiger partial charge in [-0.2, -0.15) is 0 Å². The summed E-state index contributed by atoms with van der Waals surface area (Å²) in [7, 11) is -2.28. The summed E-state index contributed by atoms with van der Waals surface area (Å²) in [6.45, 7) is 3.69. The normalized spacial score (nSPS) is 13.1. The van der Waals surface area contributed by atoms with Gasteiger partial charge in [0.25, 0.3) is 0 Å². The Labute approximate surface area is 205 Å². The first-order chi connectivity index (χ1) is 16.7. The average molecular weight is 506 g/mol. The van der Waals surface area contributed by atoms with Crippen molar-refractivity contribution in [2.24, 2.45) is 0 Å². The highest BCUT2D eigenvalue weighted by Crippen LogP contribution is 2.36. The van der Waals surface area contributed by atoms with E-state index < -0.39 is 28.5 Å². The molecule has 2 amide bonds. The highest BCUT2D eigenvalue weighted by atomic mass is 32.2. The van der Waals surface area contributed by atoms with Gasteiger partial charge in [-0.1, -0.05) is 19.1 Å². The summed E-state index contributed by atoms with van der Waals surface area (Å²) in [4.78, 5) is 27.8. The Kier molecular flexibility index (Phi) is 8.44.